The molecule has 0 aliphatic heterocycles. The third-order valence-corrected chi connectivity index (χ3v) is 12.9. The van der Waals surface area contributed by atoms with Gasteiger partial charge >= 0.3 is 0 Å². The molecule has 0 aromatic heterocycles. The Morgan fingerprint density at radius 2 is 1.53 bits per heavy atom. The second-order valence-electron chi connectivity index (χ2n) is 12.9. The van der Waals surface area contributed by atoms with Gasteiger partial charge in [0.2, 0.25) is 0 Å². The summed E-state index contributed by atoms with van der Waals surface area (Å²) in [7, 11) is 0. The number of benzene rings is 1. The zero-order chi connectivity index (χ0) is 19.6. The predicted octanol–water partition coefficient (Wildman–Crippen LogP) is 7.10. The molecular formula is C30H34. The topological polar surface area (TPSA) is 0 Å². The fourth-order valence-electron chi connectivity index (χ4n) is 13.1. The van der Waals surface area contributed by atoms with E-state index in [4.69, 9.17) is 13.2 Å². The van der Waals surface area contributed by atoms with Crippen molar-refractivity contribution in [3.63, 3.8) is 0 Å². The van der Waals surface area contributed by atoms with E-state index in [0.717, 1.165) is 65.1 Å². The van der Waals surface area contributed by atoms with Gasteiger partial charge in [-0.15, -0.1) is 0 Å². The highest BCUT2D eigenvalue weighted by Crippen LogP contribution is 3.01. The van der Waals surface area contributed by atoms with E-state index in [9.17, 15) is 0 Å². The van der Waals surface area contributed by atoms with E-state index in [2.05, 4.69) is 24.3 Å². The maximum absolute atomic E-state index is 4.74. The molecule has 7 saturated carbocycles. The highest BCUT2D eigenvalue weighted by molar-refractivity contribution is 5.55. The molecular weight excluding hydrogens is 360 g/mol. The van der Waals surface area contributed by atoms with Crippen LogP contribution in [0.4, 0.5) is 0 Å². The molecule has 9 rings (SSSR count). The molecule has 8 aliphatic rings. The smallest absolute Gasteiger partial charge is 0.00476 e. The first kappa shape index (κ1) is 16.3. The van der Waals surface area contributed by atoms with Crippen LogP contribution in [-0.2, 0) is 0 Å². The average molecular weight is 395 g/mol. The lowest BCUT2D eigenvalue weighted by Crippen LogP contribution is -2.60. The number of hydrogen-bond donors (Lipinski definition) is 0. The van der Waals surface area contributed by atoms with E-state index in [0.29, 0.717) is 11.3 Å². The second kappa shape index (κ2) is 4.72. The van der Waals surface area contributed by atoms with Crippen molar-refractivity contribution in [2.24, 2.45) is 58.2 Å². The molecule has 0 heterocycles. The van der Waals surface area contributed by atoms with Gasteiger partial charge in [-0.1, -0.05) is 61.4 Å². The Kier molecular flexibility index (Phi) is 2.57. The molecule has 154 valence electrons. The van der Waals surface area contributed by atoms with Gasteiger partial charge in [0.1, 0.15) is 0 Å². The Morgan fingerprint density at radius 3 is 2.40 bits per heavy atom. The number of hydrogen-bond acceptors (Lipinski definition) is 0. The summed E-state index contributed by atoms with van der Waals surface area (Å²) in [5, 5.41) is 0. The first-order valence-corrected chi connectivity index (χ1v) is 13.2. The van der Waals surface area contributed by atoms with Gasteiger partial charge in [0.15, 0.2) is 0 Å². The Morgan fingerprint density at radius 1 is 0.767 bits per heavy atom. The molecule has 2 spiro atoms. The van der Waals surface area contributed by atoms with Crippen molar-refractivity contribution in [3.05, 3.63) is 59.7 Å². The third-order valence-electron chi connectivity index (χ3n) is 12.9. The normalized spacial score (nSPS) is 60.0. The number of fused-ring (bicyclic) bond motifs is 11. The molecule has 0 amide bonds. The van der Waals surface area contributed by atoms with E-state index in [1.54, 1.807) is 41.5 Å². The van der Waals surface area contributed by atoms with Gasteiger partial charge in [0.05, 0.1) is 0 Å². The summed E-state index contributed by atoms with van der Waals surface area (Å²) in [6.45, 7) is 9.45. The summed E-state index contributed by atoms with van der Waals surface area (Å²) in [6, 6.07) is 9.81. The molecule has 30 heavy (non-hydrogen) atoms. The molecule has 1 aromatic carbocycles. The van der Waals surface area contributed by atoms with Gasteiger partial charge in [-0.25, -0.2) is 0 Å². The average Bonchev–Trinajstić information content (AvgIpc) is 3.18. The summed E-state index contributed by atoms with van der Waals surface area (Å²) in [6.07, 6.45) is 11.9. The summed E-state index contributed by atoms with van der Waals surface area (Å²) in [5.41, 5.74) is 8.15. The van der Waals surface area contributed by atoms with Gasteiger partial charge < -0.3 is 0 Å². The van der Waals surface area contributed by atoms with Crippen LogP contribution < -0.4 is 0 Å². The minimum atomic E-state index is 0.695. The van der Waals surface area contributed by atoms with Crippen LogP contribution in [0.2, 0.25) is 0 Å². The van der Waals surface area contributed by atoms with Gasteiger partial charge in [0.25, 0.3) is 0 Å². The molecule has 0 saturated heterocycles. The van der Waals surface area contributed by atoms with Crippen molar-refractivity contribution in [3.8, 4) is 0 Å². The molecule has 12 unspecified atom stereocenters. The zero-order valence-electron chi connectivity index (χ0n) is 18.2. The molecule has 7 fully saturated rings. The first-order chi connectivity index (χ1) is 14.7. The SMILES string of the molecule is C=C1CC(=C)C2C1C1c3ccccc3C3C4CCC(C4)C4C56CCCCC5C2C46C31. The lowest BCUT2D eigenvalue weighted by atomic mass is 9.38. The van der Waals surface area contributed by atoms with Crippen LogP contribution in [0, 0.1) is 58.2 Å². The highest BCUT2D eigenvalue weighted by atomic mass is 15.0. The van der Waals surface area contributed by atoms with Crippen molar-refractivity contribution < 1.29 is 0 Å². The van der Waals surface area contributed by atoms with Crippen molar-refractivity contribution >= 4 is 0 Å². The molecule has 0 radical (unpaired) electrons. The van der Waals surface area contributed by atoms with Crippen molar-refractivity contribution in [2.45, 2.75) is 63.2 Å². The van der Waals surface area contributed by atoms with Crippen molar-refractivity contribution in [1.29, 1.82) is 0 Å². The summed E-state index contributed by atoms with van der Waals surface area (Å²) < 4.78 is 0. The van der Waals surface area contributed by atoms with Gasteiger partial charge in [-0.2, -0.15) is 0 Å². The fraction of sp³-hybridized carbons (Fsp3) is 0.667. The molecule has 0 N–H and O–H groups in total. The summed E-state index contributed by atoms with van der Waals surface area (Å²) in [4.78, 5) is 0. The standard InChI is InChI=1S/C30H34/c1-15-13-16(2)23-22(15)25-20-8-4-3-7-19(20)24-17-10-11-18(14-17)28-29-12-6-5-9-21(29)26(23)30(28,29)27(24)25/h3-4,7-8,17-18,21-28H,1-2,5-6,9-14H2. The van der Waals surface area contributed by atoms with Crippen LogP contribution in [0.3, 0.4) is 0 Å². The fourth-order valence-corrected chi connectivity index (χ4v) is 13.1. The minimum absolute atomic E-state index is 0.695. The number of rotatable bonds is 0. The third kappa shape index (κ3) is 1.32. The largest absolute Gasteiger partial charge is 0.0992 e. The zero-order valence-corrected chi connectivity index (χ0v) is 18.2. The van der Waals surface area contributed by atoms with E-state index in [1.807, 2.05) is 0 Å². The quantitative estimate of drug-likeness (QED) is 0.412. The molecule has 0 heteroatoms. The van der Waals surface area contributed by atoms with Crippen LogP contribution in [0.15, 0.2) is 48.6 Å². The molecule has 1 aromatic rings. The van der Waals surface area contributed by atoms with Crippen LogP contribution in [0.5, 0.6) is 0 Å². The van der Waals surface area contributed by atoms with Gasteiger partial charge in [-0.05, 0) is 120 Å². The first-order valence-electron chi connectivity index (χ1n) is 13.2. The Labute approximate surface area is 181 Å². The molecule has 8 aliphatic carbocycles. The highest BCUT2D eigenvalue weighted by Gasteiger charge is 2.96. The van der Waals surface area contributed by atoms with E-state index < -0.39 is 0 Å². The lowest BCUT2D eigenvalue weighted by Gasteiger charge is -2.65. The summed E-state index contributed by atoms with van der Waals surface area (Å²) in [5.74, 6) is 9.18. The Bertz CT molecular complexity index is 1050. The second-order valence-corrected chi connectivity index (χ2v) is 12.9. The van der Waals surface area contributed by atoms with Crippen LogP contribution >= 0.6 is 0 Å². The van der Waals surface area contributed by atoms with Crippen LogP contribution in [-0.4, -0.2) is 0 Å². The molecule has 0 nitrogen and oxygen atoms in total. The maximum atomic E-state index is 4.74. The minimum Gasteiger partial charge on any atom is -0.0992 e. The molecule has 2 bridgehead atoms. The van der Waals surface area contributed by atoms with E-state index in [-0.39, 0.29) is 0 Å². The van der Waals surface area contributed by atoms with Gasteiger partial charge in [-0.3, -0.25) is 0 Å². The monoisotopic (exact) mass is 394 g/mol. The Hall–Kier alpha value is -1.30. The maximum Gasteiger partial charge on any atom is -0.00476 e. The van der Waals surface area contributed by atoms with Crippen LogP contribution in [0.25, 0.3) is 0 Å². The van der Waals surface area contributed by atoms with Crippen LogP contribution in [0.1, 0.15) is 74.3 Å². The van der Waals surface area contributed by atoms with Crippen molar-refractivity contribution in [1.82, 2.24) is 0 Å². The number of allylic oxidation sites excluding steroid dienone is 2. The predicted molar refractivity (Wildman–Crippen MR) is 120 cm³/mol. The van der Waals surface area contributed by atoms with Crippen molar-refractivity contribution in [2.75, 3.05) is 0 Å². The summed E-state index contributed by atoms with van der Waals surface area (Å²) >= 11 is 0. The van der Waals surface area contributed by atoms with E-state index >= 15 is 0 Å². The van der Waals surface area contributed by atoms with E-state index in [1.165, 1.54) is 25.7 Å². The van der Waals surface area contributed by atoms with Gasteiger partial charge in [0, 0.05) is 0 Å². The molecule has 12 atom stereocenters. The Balaban J connectivity index is 1.36. The lowest BCUT2D eigenvalue weighted by molar-refractivity contribution is -0.155.